The van der Waals surface area contributed by atoms with Crippen molar-refractivity contribution in [2.24, 2.45) is 0 Å². The number of halogens is 1. The molecule has 2 aromatic carbocycles. The highest BCUT2D eigenvalue weighted by Crippen LogP contribution is 2.22. The Morgan fingerprint density at radius 1 is 1.19 bits per heavy atom. The summed E-state index contributed by atoms with van der Waals surface area (Å²) in [6.07, 6.45) is 2.24. The molecular weight excluding hydrogens is 362 g/mol. The number of carbonyl (C=O) groups excluding carboxylic acids is 1. The maximum atomic E-state index is 12.3. The van der Waals surface area contributed by atoms with Crippen molar-refractivity contribution in [3.8, 4) is 0 Å². The molecule has 1 aliphatic rings. The summed E-state index contributed by atoms with van der Waals surface area (Å²) in [5.41, 5.74) is 2.51. The van der Waals surface area contributed by atoms with Crippen LogP contribution in [0.5, 0.6) is 0 Å². The number of methoxy groups -OCH3 is 1. The van der Waals surface area contributed by atoms with Gasteiger partial charge in [-0.1, -0.05) is 17.7 Å². The van der Waals surface area contributed by atoms with Crippen LogP contribution in [0.4, 0.5) is 11.4 Å². The highest BCUT2D eigenvalue weighted by Gasteiger charge is 2.18. The van der Waals surface area contributed by atoms with E-state index in [1.807, 2.05) is 12.1 Å². The molecule has 27 heavy (non-hydrogen) atoms. The number of ether oxygens (including phenoxy) is 1. The van der Waals surface area contributed by atoms with Gasteiger partial charge in [-0.3, -0.25) is 4.79 Å². The maximum Gasteiger partial charge on any atom is 0.255 e. The van der Waals surface area contributed by atoms with Gasteiger partial charge in [0.1, 0.15) is 0 Å². The Labute approximate surface area is 165 Å². The molecule has 0 saturated carbocycles. The zero-order chi connectivity index (χ0) is 19.1. The van der Waals surface area contributed by atoms with Crippen molar-refractivity contribution < 1.29 is 9.53 Å². The molecule has 0 aromatic heterocycles. The first-order valence-electron chi connectivity index (χ1n) is 9.30. The van der Waals surface area contributed by atoms with Gasteiger partial charge in [0.15, 0.2) is 0 Å². The molecule has 2 aromatic rings. The van der Waals surface area contributed by atoms with Crippen LogP contribution in [-0.4, -0.2) is 45.3 Å². The van der Waals surface area contributed by atoms with E-state index in [0.29, 0.717) is 16.6 Å². The largest absolute Gasteiger partial charge is 0.383 e. The van der Waals surface area contributed by atoms with Crippen molar-refractivity contribution in [1.82, 2.24) is 5.32 Å². The van der Waals surface area contributed by atoms with E-state index in [9.17, 15) is 4.79 Å². The number of nitrogens with one attached hydrogen (secondary N) is 2. The number of piperidine rings is 1. The molecule has 0 radical (unpaired) electrons. The SMILES string of the molecule is COCCNC1CCN(c2ccc(NC(=O)c3cccc(Cl)c3)cc2)CC1. The van der Waals surface area contributed by atoms with Crippen LogP contribution in [0.2, 0.25) is 5.02 Å². The van der Waals surface area contributed by atoms with Crippen LogP contribution in [0, 0.1) is 0 Å². The lowest BCUT2D eigenvalue weighted by Crippen LogP contribution is -2.43. The summed E-state index contributed by atoms with van der Waals surface area (Å²) in [6, 6.07) is 15.5. The van der Waals surface area contributed by atoms with Crippen LogP contribution in [0.1, 0.15) is 23.2 Å². The van der Waals surface area contributed by atoms with E-state index in [-0.39, 0.29) is 5.91 Å². The first-order chi connectivity index (χ1) is 13.2. The fourth-order valence-electron chi connectivity index (χ4n) is 3.30. The fourth-order valence-corrected chi connectivity index (χ4v) is 3.49. The summed E-state index contributed by atoms with van der Waals surface area (Å²) in [4.78, 5) is 14.7. The number of nitrogens with zero attached hydrogens (tertiary/aromatic N) is 1. The minimum absolute atomic E-state index is 0.159. The molecule has 0 unspecified atom stereocenters. The van der Waals surface area contributed by atoms with Crippen molar-refractivity contribution in [2.75, 3.05) is 43.6 Å². The summed E-state index contributed by atoms with van der Waals surface area (Å²) in [5.74, 6) is -0.159. The minimum atomic E-state index is -0.159. The predicted octanol–water partition coefficient (Wildman–Crippen LogP) is 3.80. The van der Waals surface area contributed by atoms with Crippen LogP contribution in [0.15, 0.2) is 48.5 Å². The first kappa shape index (κ1) is 19.7. The Morgan fingerprint density at radius 2 is 1.93 bits per heavy atom. The van der Waals surface area contributed by atoms with Gasteiger partial charge in [0.25, 0.3) is 5.91 Å². The molecule has 0 aliphatic carbocycles. The van der Waals surface area contributed by atoms with Crippen LogP contribution in [0.3, 0.4) is 0 Å². The van der Waals surface area contributed by atoms with Gasteiger partial charge in [-0.25, -0.2) is 0 Å². The average molecular weight is 388 g/mol. The third-order valence-electron chi connectivity index (χ3n) is 4.81. The molecular formula is C21H26ClN3O2. The van der Waals surface area contributed by atoms with Crippen LogP contribution in [-0.2, 0) is 4.74 Å². The molecule has 2 N–H and O–H groups in total. The van der Waals surface area contributed by atoms with E-state index in [2.05, 4.69) is 27.7 Å². The molecule has 1 amide bonds. The lowest BCUT2D eigenvalue weighted by molar-refractivity contribution is 0.102. The third-order valence-corrected chi connectivity index (χ3v) is 5.05. The zero-order valence-corrected chi connectivity index (χ0v) is 16.3. The summed E-state index contributed by atoms with van der Waals surface area (Å²) in [7, 11) is 1.73. The fraction of sp³-hybridized carbons (Fsp3) is 0.381. The lowest BCUT2D eigenvalue weighted by atomic mass is 10.0. The van der Waals surface area contributed by atoms with Crippen LogP contribution in [0.25, 0.3) is 0 Å². The summed E-state index contributed by atoms with van der Waals surface area (Å²) in [5, 5.41) is 7.00. The molecule has 144 valence electrons. The van der Waals surface area contributed by atoms with E-state index in [4.69, 9.17) is 16.3 Å². The number of anilines is 2. The molecule has 1 aliphatic heterocycles. The van der Waals surface area contributed by atoms with E-state index in [0.717, 1.165) is 44.8 Å². The van der Waals surface area contributed by atoms with Gasteiger partial charge in [-0.2, -0.15) is 0 Å². The monoisotopic (exact) mass is 387 g/mol. The van der Waals surface area contributed by atoms with Gasteiger partial charge in [-0.15, -0.1) is 0 Å². The molecule has 1 saturated heterocycles. The second-order valence-electron chi connectivity index (χ2n) is 6.72. The highest BCUT2D eigenvalue weighted by atomic mass is 35.5. The number of hydrogen-bond acceptors (Lipinski definition) is 4. The second kappa shape index (κ2) is 9.74. The molecule has 3 rings (SSSR count). The molecule has 5 nitrogen and oxygen atoms in total. The van der Waals surface area contributed by atoms with Gasteiger partial charge in [-0.05, 0) is 55.3 Å². The topological polar surface area (TPSA) is 53.6 Å². The number of carbonyl (C=O) groups is 1. The van der Waals surface area contributed by atoms with Gasteiger partial charge < -0.3 is 20.3 Å². The van der Waals surface area contributed by atoms with Gasteiger partial charge in [0.05, 0.1) is 6.61 Å². The standard InChI is InChI=1S/C21H26ClN3O2/c1-27-14-11-23-18-9-12-25(13-10-18)20-7-5-19(6-8-20)24-21(26)16-3-2-4-17(22)15-16/h2-8,15,18,23H,9-14H2,1H3,(H,24,26). The number of hydrogen-bond donors (Lipinski definition) is 2. The lowest BCUT2D eigenvalue weighted by Gasteiger charge is -2.34. The Kier molecular flexibility index (Phi) is 7.10. The highest BCUT2D eigenvalue weighted by molar-refractivity contribution is 6.31. The normalized spacial score (nSPS) is 15.0. The van der Waals surface area contributed by atoms with Crippen molar-refractivity contribution in [1.29, 1.82) is 0 Å². The van der Waals surface area contributed by atoms with Crippen molar-refractivity contribution in [3.05, 3.63) is 59.1 Å². The van der Waals surface area contributed by atoms with Gasteiger partial charge in [0, 0.05) is 54.7 Å². The Balaban J connectivity index is 1.51. The van der Waals surface area contributed by atoms with Gasteiger partial charge in [0.2, 0.25) is 0 Å². The van der Waals surface area contributed by atoms with Crippen molar-refractivity contribution in [2.45, 2.75) is 18.9 Å². The third kappa shape index (κ3) is 5.70. The van der Waals surface area contributed by atoms with Crippen molar-refractivity contribution in [3.63, 3.8) is 0 Å². The molecule has 0 atom stereocenters. The smallest absolute Gasteiger partial charge is 0.255 e. The summed E-state index contributed by atoms with van der Waals surface area (Å²) < 4.78 is 5.09. The summed E-state index contributed by atoms with van der Waals surface area (Å²) >= 11 is 5.95. The Morgan fingerprint density at radius 3 is 2.59 bits per heavy atom. The van der Waals surface area contributed by atoms with Crippen molar-refractivity contribution >= 4 is 28.9 Å². The summed E-state index contributed by atoms with van der Waals surface area (Å²) in [6.45, 7) is 3.71. The average Bonchev–Trinajstić information content (AvgIpc) is 2.69. The van der Waals surface area contributed by atoms with E-state index >= 15 is 0 Å². The molecule has 0 spiro atoms. The minimum Gasteiger partial charge on any atom is -0.383 e. The maximum absolute atomic E-state index is 12.3. The quantitative estimate of drug-likeness (QED) is 0.709. The van der Waals surface area contributed by atoms with E-state index < -0.39 is 0 Å². The Bertz CT molecular complexity index is 743. The second-order valence-corrected chi connectivity index (χ2v) is 7.16. The molecule has 1 fully saturated rings. The molecule has 6 heteroatoms. The van der Waals surface area contributed by atoms with Gasteiger partial charge >= 0.3 is 0 Å². The first-order valence-corrected chi connectivity index (χ1v) is 9.68. The zero-order valence-electron chi connectivity index (χ0n) is 15.6. The Hall–Kier alpha value is -2.08. The molecule has 1 heterocycles. The van der Waals surface area contributed by atoms with E-state index in [1.54, 1.807) is 31.4 Å². The predicted molar refractivity (Wildman–Crippen MR) is 111 cm³/mol. The number of amides is 1. The van der Waals surface area contributed by atoms with E-state index in [1.165, 1.54) is 5.69 Å². The van der Waals surface area contributed by atoms with Crippen LogP contribution >= 0.6 is 11.6 Å². The molecule has 0 bridgehead atoms. The van der Waals surface area contributed by atoms with Crippen LogP contribution < -0.4 is 15.5 Å². The number of rotatable bonds is 7. The number of benzene rings is 2.